The number of nitrogens with one attached hydrogen (secondary N) is 1. The number of ether oxygens (including phenoxy) is 1. The summed E-state index contributed by atoms with van der Waals surface area (Å²) in [7, 11) is 0. The fourth-order valence-electron chi connectivity index (χ4n) is 1.25. The maximum atomic E-state index is 11.2. The van der Waals surface area contributed by atoms with Gasteiger partial charge in [-0.2, -0.15) is 0 Å². The molecule has 1 rings (SSSR count). The van der Waals surface area contributed by atoms with Crippen LogP contribution in [0.2, 0.25) is 0 Å². The molecule has 5 nitrogen and oxygen atoms in total. The lowest BCUT2D eigenvalue weighted by molar-refractivity contribution is -0.145. The summed E-state index contributed by atoms with van der Waals surface area (Å²) in [5, 5.41) is 2.65. The average Bonchev–Trinajstić information content (AvgIpc) is 2.70. The highest BCUT2D eigenvalue weighted by Crippen LogP contribution is 1.89. The summed E-state index contributed by atoms with van der Waals surface area (Å²) in [5.74, 6) is -0.786. The van der Waals surface area contributed by atoms with E-state index in [1.54, 1.807) is 6.92 Å². The molecule has 1 aromatic heterocycles. The first-order valence-corrected chi connectivity index (χ1v) is 5.25. The Labute approximate surface area is 94.4 Å². The minimum Gasteiger partial charge on any atom is -0.466 e. The smallest absolute Gasteiger partial charge is 0.315 e. The Hall–Kier alpha value is -1.78. The molecule has 1 amide bonds. The van der Waals surface area contributed by atoms with Gasteiger partial charge in [-0.05, 0) is 19.1 Å². The van der Waals surface area contributed by atoms with Crippen LogP contribution in [-0.2, 0) is 20.9 Å². The third-order valence-electron chi connectivity index (χ3n) is 1.97. The van der Waals surface area contributed by atoms with E-state index in [4.69, 9.17) is 0 Å². The summed E-state index contributed by atoms with van der Waals surface area (Å²) in [6.07, 6.45) is 3.62. The number of nitrogens with zero attached hydrogens (tertiary/aromatic N) is 1. The van der Waals surface area contributed by atoms with Gasteiger partial charge in [0.25, 0.3) is 0 Å². The van der Waals surface area contributed by atoms with Crippen molar-refractivity contribution in [2.24, 2.45) is 0 Å². The zero-order valence-corrected chi connectivity index (χ0v) is 9.31. The minimum absolute atomic E-state index is 0.209. The first kappa shape index (κ1) is 12.3. The van der Waals surface area contributed by atoms with Gasteiger partial charge in [0.2, 0.25) is 5.91 Å². The zero-order chi connectivity index (χ0) is 11.8. The van der Waals surface area contributed by atoms with Crippen molar-refractivity contribution in [3.05, 3.63) is 24.5 Å². The number of hydrogen-bond acceptors (Lipinski definition) is 3. The van der Waals surface area contributed by atoms with E-state index in [1.165, 1.54) is 0 Å². The SMILES string of the molecule is CCOC(=O)CC(=O)NCCn1cccc1. The van der Waals surface area contributed by atoms with Gasteiger partial charge < -0.3 is 14.6 Å². The second-order valence-electron chi connectivity index (χ2n) is 3.25. The molecule has 88 valence electrons. The summed E-state index contributed by atoms with van der Waals surface area (Å²) < 4.78 is 6.61. The molecule has 0 aliphatic carbocycles. The van der Waals surface area contributed by atoms with Crippen molar-refractivity contribution in [3.8, 4) is 0 Å². The molecule has 0 radical (unpaired) electrons. The van der Waals surface area contributed by atoms with Crippen LogP contribution in [-0.4, -0.2) is 29.6 Å². The van der Waals surface area contributed by atoms with Gasteiger partial charge >= 0.3 is 5.97 Å². The van der Waals surface area contributed by atoms with Crippen molar-refractivity contribution in [1.82, 2.24) is 9.88 Å². The molecule has 0 aliphatic heterocycles. The first-order valence-electron chi connectivity index (χ1n) is 5.25. The number of esters is 1. The molecule has 0 bridgehead atoms. The van der Waals surface area contributed by atoms with E-state index >= 15 is 0 Å². The molecule has 0 saturated heterocycles. The van der Waals surface area contributed by atoms with Crippen molar-refractivity contribution in [2.45, 2.75) is 19.9 Å². The van der Waals surface area contributed by atoms with E-state index in [9.17, 15) is 9.59 Å². The predicted octanol–water partition coefficient (Wildman–Crippen LogP) is 0.557. The zero-order valence-electron chi connectivity index (χ0n) is 9.31. The summed E-state index contributed by atoms with van der Waals surface area (Å²) in [6.45, 7) is 3.21. The van der Waals surface area contributed by atoms with Gasteiger partial charge in [-0.25, -0.2) is 0 Å². The van der Waals surface area contributed by atoms with E-state index in [1.807, 2.05) is 29.1 Å². The van der Waals surface area contributed by atoms with Crippen LogP contribution >= 0.6 is 0 Å². The Morgan fingerprint density at radius 1 is 1.31 bits per heavy atom. The normalized spacial score (nSPS) is 9.81. The second kappa shape index (κ2) is 6.66. The van der Waals surface area contributed by atoms with Gasteiger partial charge in [0.1, 0.15) is 6.42 Å². The molecule has 0 saturated carbocycles. The summed E-state index contributed by atoms with van der Waals surface area (Å²) in [6, 6.07) is 3.83. The highest BCUT2D eigenvalue weighted by atomic mass is 16.5. The highest BCUT2D eigenvalue weighted by Gasteiger charge is 2.08. The number of aromatic nitrogens is 1. The van der Waals surface area contributed by atoms with Crippen LogP contribution in [0.15, 0.2) is 24.5 Å². The van der Waals surface area contributed by atoms with Crippen LogP contribution in [0.3, 0.4) is 0 Å². The topological polar surface area (TPSA) is 60.3 Å². The third-order valence-corrected chi connectivity index (χ3v) is 1.97. The van der Waals surface area contributed by atoms with Gasteiger partial charge in [0.15, 0.2) is 0 Å². The third kappa shape index (κ3) is 4.63. The molecule has 0 fully saturated rings. The molecule has 16 heavy (non-hydrogen) atoms. The second-order valence-corrected chi connectivity index (χ2v) is 3.25. The van der Waals surface area contributed by atoms with Gasteiger partial charge in [0, 0.05) is 25.5 Å². The van der Waals surface area contributed by atoms with Crippen molar-refractivity contribution >= 4 is 11.9 Å². The van der Waals surface area contributed by atoms with Crippen LogP contribution in [0.5, 0.6) is 0 Å². The van der Waals surface area contributed by atoms with Crippen LogP contribution < -0.4 is 5.32 Å². The van der Waals surface area contributed by atoms with E-state index in [0.29, 0.717) is 19.7 Å². The van der Waals surface area contributed by atoms with Crippen LogP contribution in [0.4, 0.5) is 0 Å². The number of carbonyl (C=O) groups is 2. The van der Waals surface area contributed by atoms with Crippen molar-refractivity contribution in [2.75, 3.05) is 13.2 Å². The Morgan fingerprint density at radius 3 is 2.62 bits per heavy atom. The first-order chi connectivity index (χ1) is 7.72. The maximum Gasteiger partial charge on any atom is 0.315 e. The van der Waals surface area contributed by atoms with Crippen molar-refractivity contribution in [3.63, 3.8) is 0 Å². The maximum absolute atomic E-state index is 11.2. The number of hydrogen-bond donors (Lipinski definition) is 1. The largest absolute Gasteiger partial charge is 0.466 e. The van der Waals surface area contributed by atoms with Crippen molar-refractivity contribution in [1.29, 1.82) is 0 Å². The minimum atomic E-state index is -0.485. The Balaban J connectivity index is 2.13. The van der Waals surface area contributed by atoms with E-state index in [0.717, 1.165) is 0 Å². The molecule has 0 aliphatic rings. The quantitative estimate of drug-likeness (QED) is 0.567. The average molecular weight is 224 g/mol. The molecule has 1 N–H and O–H groups in total. The highest BCUT2D eigenvalue weighted by molar-refractivity contribution is 5.94. The molecule has 0 aromatic carbocycles. The van der Waals surface area contributed by atoms with Crippen LogP contribution in [0.25, 0.3) is 0 Å². The summed E-state index contributed by atoms with van der Waals surface area (Å²) >= 11 is 0. The number of amides is 1. The molecule has 1 heterocycles. The fraction of sp³-hybridized carbons (Fsp3) is 0.455. The standard InChI is InChI=1S/C11H16N2O3/c1-2-16-11(15)9-10(14)12-5-8-13-6-3-4-7-13/h3-4,6-7H,2,5,8-9H2,1H3,(H,12,14). The molecule has 0 spiro atoms. The molecule has 0 atom stereocenters. The van der Waals surface area contributed by atoms with Gasteiger partial charge in [0.05, 0.1) is 6.61 Å². The molecule has 0 unspecified atom stereocenters. The monoisotopic (exact) mass is 224 g/mol. The van der Waals surface area contributed by atoms with Crippen molar-refractivity contribution < 1.29 is 14.3 Å². The Morgan fingerprint density at radius 2 is 2.00 bits per heavy atom. The van der Waals surface area contributed by atoms with E-state index in [-0.39, 0.29) is 12.3 Å². The molecular weight excluding hydrogens is 208 g/mol. The predicted molar refractivity (Wildman–Crippen MR) is 58.7 cm³/mol. The number of carbonyl (C=O) groups excluding carboxylic acids is 2. The summed E-state index contributed by atoms with van der Waals surface area (Å²) in [4.78, 5) is 22.2. The lowest BCUT2D eigenvalue weighted by Gasteiger charge is -2.05. The van der Waals surface area contributed by atoms with E-state index in [2.05, 4.69) is 10.1 Å². The number of rotatable bonds is 6. The lowest BCUT2D eigenvalue weighted by Crippen LogP contribution is -2.29. The Kier molecular flexibility index (Phi) is 5.11. The Bertz CT molecular complexity index is 333. The van der Waals surface area contributed by atoms with Gasteiger partial charge in [-0.15, -0.1) is 0 Å². The molecular formula is C11H16N2O3. The van der Waals surface area contributed by atoms with Gasteiger partial charge in [-0.1, -0.05) is 0 Å². The lowest BCUT2D eigenvalue weighted by atomic mass is 10.4. The van der Waals surface area contributed by atoms with Crippen LogP contribution in [0.1, 0.15) is 13.3 Å². The fourth-order valence-corrected chi connectivity index (χ4v) is 1.25. The molecule has 5 heteroatoms. The molecule has 1 aromatic rings. The van der Waals surface area contributed by atoms with E-state index < -0.39 is 5.97 Å². The summed E-state index contributed by atoms with van der Waals surface area (Å²) in [5.41, 5.74) is 0. The van der Waals surface area contributed by atoms with Gasteiger partial charge in [-0.3, -0.25) is 9.59 Å². The van der Waals surface area contributed by atoms with Crippen LogP contribution in [0, 0.1) is 0 Å².